The summed E-state index contributed by atoms with van der Waals surface area (Å²) in [6.45, 7) is 1.53. The first-order valence-corrected chi connectivity index (χ1v) is 6.41. The lowest BCUT2D eigenvalue weighted by Crippen LogP contribution is -2.40. The Morgan fingerprint density at radius 2 is 2.12 bits per heavy atom. The van der Waals surface area contributed by atoms with Gasteiger partial charge in [-0.25, -0.2) is 9.36 Å². The number of carbonyl (C=O) groups is 1. The summed E-state index contributed by atoms with van der Waals surface area (Å²) in [5, 5.41) is 8.75. The molecule has 0 amide bonds. The van der Waals surface area contributed by atoms with Crippen molar-refractivity contribution in [3.05, 3.63) is 0 Å². The van der Waals surface area contributed by atoms with Crippen LogP contribution in [0.5, 0.6) is 0 Å². The van der Waals surface area contributed by atoms with Crippen LogP contribution in [0.25, 0.3) is 0 Å². The Kier molecular flexibility index (Phi) is 4.46. The summed E-state index contributed by atoms with van der Waals surface area (Å²) in [6.07, 6.45) is -0.473. The molecule has 0 radical (unpaired) electrons. The quantitative estimate of drug-likeness (QED) is 0.621. The molecule has 1 rings (SSSR count). The molecule has 3 atom stereocenters. The average molecular weight is 254 g/mol. The van der Waals surface area contributed by atoms with E-state index in [0.29, 0.717) is 12.8 Å². The van der Waals surface area contributed by atoms with E-state index in [2.05, 4.69) is 4.52 Å². The van der Waals surface area contributed by atoms with Crippen LogP contribution in [0.4, 0.5) is 0 Å². The molecule has 7 nitrogen and oxygen atoms in total. The van der Waals surface area contributed by atoms with Crippen LogP contribution in [0, 0.1) is 5.92 Å². The molecular formula is C8H15O7P. The van der Waals surface area contributed by atoms with Gasteiger partial charge in [0, 0.05) is 0 Å². The second kappa shape index (κ2) is 5.25. The summed E-state index contributed by atoms with van der Waals surface area (Å²) in [5.74, 6) is -1.05. The van der Waals surface area contributed by atoms with Gasteiger partial charge in [0.15, 0.2) is 6.10 Å². The maximum atomic E-state index is 10.7. The standard InChI is InChI=1S/C8H15O7P/c1-5-2-3-6(8(9)10)15-7(5)4-14-16(11,12)13/h5-7H,2-4H2,1H3,(H,9,10)(H2,11,12,13). The molecule has 16 heavy (non-hydrogen) atoms. The molecule has 8 heteroatoms. The van der Waals surface area contributed by atoms with Crippen molar-refractivity contribution >= 4 is 13.8 Å². The average Bonchev–Trinajstić information content (AvgIpc) is 2.14. The molecular weight excluding hydrogens is 239 g/mol. The molecule has 0 saturated carbocycles. The van der Waals surface area contributed by atoms with Crippen LogP contribution < -0.4 is 0 Å². The number of hydrogen-bond acceptors (Lipinski definition) is 4. The highest BCUT2D eigenvalue weighted by molar-refractivity contribution is 7.46. The normalized spacial score (nSPS) is 31.3. The van der Waals surface area contributed by atoms with Crippen LogP contribution in [0.15, 0.2) is 0 Å². The third-order valence-electron chi connectivity index (χ3n) is 2.54. The molecule has 1 heterocycles. The Balaban J connectivity index is 2.50. The topological polar surface area (TPSA) is 113 Å². The Bertz CT molecular complexity index is 299. The summed E-state index contributed by atoms with van der Waals surface area (Å²) < 4.78 is 20.0. The molecule has 0 aromatic rings. The van der Waals surface area contributed by atoms with Gasteiger partial charge in [-0.05, 0) is 18.8 Å². The van der Waals surface area contributed by atoms with E-state index >= 15 is 0 Å². The van der Waals surface area contributed by atoms with Crippen molar-refractivity contribution in [1.82, 2.24) is 0 Å². The van der Waals surface area contributed by atoms with Gasteiger partial charge < -0.3 is 19.6 Å². The van der Waals surface area contributed by atoms with Crippen molar-refractivity contribution in [3.8, 4) is 0 Å². The van der Waals surface area contributed by atoms with Crippen LogP contribution >= 0.6 is 7.82 Å². The molecule has 94 valence electrons. The summed E-state index contributed by atoms with van der Waals surface area (Å²) in [6, 6.07) is 0. The Hall–Kier alpha value is -0.460. The zero-order chi connectivity index (χ0) is 12.3. The first-order valence-electron chi connectivity index (χ1n) is 4.88. The van der Waals surface area contributed by atoms with Gasteiger partial charge in [0.05, 0.1) is 12.7 Å². The van der Waals surface area contributed by atoms with Crippen LogP contribution in [0.3, 0.4) is 0 Å². The molecule has 0 bridgehead atoms. The Labute approximate surface area is 92.6 Å². The van der Waals surface area contributed by atoms with Gasteiger partial charge in [-0.1, -0.05) is 6.92 Å². The van der Waals surface area contributed by atoms with Crippen LogP contribution in [0.1, 0.15) is 19.8 Å². The number of aliphatic carboxylic acids is 1. The smallest absolute Gasteiger partial charge is 0.469 e. The lowest BCUT2D eigenvalue weighted by molar-refractivity contribution is -0.165. The predicted molar refractivity (Wildman–Crippen MR) is 52.7 cm³/mol. The van der Waals surface area contributed by atoms with Crippen LogP contribution in [-0.4, -0.2) is 39.7 Å². The number of carboxylic acid groups (broad SMARTS) is 1. The minimum absolute atomic E-state index is 0.0159. The van der Waals surface area contributed by atoms with Crippen molar-refractivity contribution in [2.24, 2.45) is 5.92 Å². The molecule has 1 fully saturated rings. The van der Waals surface area contributed by atoms with Gasteiger partial charge in [0.2, 0.25) is 0 Å². The summed E-state index contributed by atoms with van der Waals surface area (Å²) in [7, 11) is -4.53. The van der Waals surface area contributed by atoms with Gasteiger partial charge in [-0.15, -0.1) is 0 Å². The van der Waals surface area contributed by atoms with Crippen LogP contribution in [0.2, 0.25) is 0 Å². The fourth-order valence-corrected chi connectivity index (χ4v) is 1.91. The summed E-state index contributed by atoms with van der Waals surface area (Å²) in [5.41, 5.74) is 0. The largest absolute Gasteiger partial charge is 0.479 e. The number of rotatable bonds is 4. The maximum absolute atomic E-state index is 10.7. The van der Waals surface area contributed by atoms with Crippen molar-refractivity contribution in [2.75, 3.05) is 6.61 Å². The second-order valence-corrected chi connectivity index (χ2v) is 5.08. The highest BCUT2D eigenvalue weighted by atomic mass is 31.2. The van der Waals surface area contributed by atoms with E-state index in [4.69, 9.17) is 19.6 Å². The fourth-order valence-electron chi connectivity index (χ4n) is 1.57. The van der Waals surface area contributed by atoms with E-state index in [0.717, 1.165) is 0 Å². The predicted octanol–water partition coefficient (Wildman–Crippen LogP) is 0.364. The zero-order valence-electron chi connectivity index (χ0n) is 8.78. The van der Waals surface area contributed by atoms with E-state index in [1.807, 2.05) is 6.92 Å². The van der Waals surface area contributed by atoms with E-state index in [1.54, 1.807) is 0 Å². The third kappa shape index (κ3) is 4.19. The van der Waals surface area contributed by atoms with E-state index in [-0.39, 0.29) is 12.5 Å². The molecule has 3 N–H and O–H groups in total. The SMILES string of the molecule is CC1CCC(C(=O)O)OC1COP(=O)(O)O. The van der Waals surface area contributed by atoms with Gasteiger partial charge >= 0.3 is 13.8 Å². The van der Waals surface area contributed by atoms with Crippen molar-refractivity contribution in [2.45, 2.75) is 32.0 Å². The number of hydrogen-bond donors (Lipinski definition) is 3. The van der Waals surface area contributed by atoms with Gasteiger partial charge in [0.25, 0.3) is 0 Å². The highest BCUT2D eigenvalue weighted by Crippen LogP contribution is 2.37. The van der Waals surface area contributed by atoms with E-state index in [1.165, 1.54) is 0 Å². The highest BCUT2D eigenvalue weighted by Gasteiger charge is 2.33. The number of phosphoric acid groups is 1. The van der Waals surface area contributed by atoms with Gasteiger partial charge in [0.1, 0.15) is 0 Å². The van der Waals surface area contributed by atoms with E-state index in [9.17, 15) is 9.36 Å². The van der Waals surface area contributed by atoms with Gasteiger partial charge in [-0.2, -0.15) is 0 Å². The lowest BCUT2D eigenvalue weighted by atomic mass is 9.94. The fraction of sp³-hybridized carbons (Fsp3) is 0.875. The third-order valence-corrected chi connectivity index (χ3v) is 3.03. The zero-order valence-corrected chi connectivity index (χ0v) is 9.67. The second-order valence-electron chi connectivity index (χ2n) is 3.84. The first kappa shape index (κ1) is 13.6. The molecule has 0 aromatic heterocycles. The minimum Gasteiger partial charge on any atom is -0.479 e. The molecule has 0 aromatic carbocycles. The number of phosphoric ester groups is 1. The van der Waals surface area contributed by atoms with Gasteiger partial charge in [-0.3, -0.25) is 4.52 Å². The van der Waals surface area contributed by atoms with E-state index < -0.39 is 26.0 Å². The van der Waals surface area contributed by atoms with Crippen molar-refractivity contribution in [1.29, 1.82) is 0 Å². The summed E-state index contributed by atoms with van der Waals surface area (Å²) >= 11 is 0. The molecule has 1 saturated heterocycles. The Morgan fingerprint density at radius 3 is 2.62 bits per heavy atom. The lowest BCUT2D eigenvalue weighted by Gasteiger charge is -2.32. The monoisotopic (exact) mass is 254 g/mol. The number of ether oxygens (including phenoxy) is 1. The molecule has 0 aliphatic carbocycles. The maximum Gasteiger partial charge on any atom is 0.469 e. The molecule has 0 spiro atoms. The molecule has 3 unspecified atom stereocenters. The minimum atomic E-state index is -4.53. The molecule has 1 aliphatic rings. The summed E-state index contributed by atoms with van der Waals surface area (Å²) in [4.78, 5) is 27.7. The van der Waals surface area contributed by atoms with Crippen molar-refractivity contribution in [3.63, 3.8) is 0 Å². The van der Waals surface area contributed by atoms with Crippen LogP contribution in [-0.2, 0) is 18.6 Å². The molecule has 1 aliphatic heterocycles. The Morgan fingerprint density at radius 1 is 1.50 bits per heavy atom. The number of carboxylic acids is 1. The van der Waals surface area contributed by atoms with Crippen molar-refractivity contribution < 1.29 is 33.5 Å². The first-order chi connectivity index (χ1) is 7.29.